The Morgan fingerprint density at radius 3 is 2.68 bits per heavy atom. The summed E-state index contributed by atoms with van der Waals surface area (Å²) in [4.78, 5) is 10.8. The van der Waals surface area contributed by atoms with E-state index in [2.05, 4.69) is 17.5 Å². The van der Waals surface area contributed by atoms with E-state index in [0.717, 1.165) is 23.2 Å². The van der Waals surface area contributed by atoms with E-state index in [9.17, 15) is 10.1 Å². The highest BCUT2D eigenvalue weighted by Crippen LogP contribution is 2.52. The van der Waals surface area contributed by atoms with Crippen molar-refractivity contribution < 1.29 is 4.92 Å². The van der Waals surface area contributed by atoms with Crippen molar-refractivity contribution in [3.63, 3.8) is 0 Å². The molecule has 0 unspecified atom stereocenters. The fourth-order valence-corrected chi connectivity index (χ4v) is 4.64. The lowest BCUT2D eigenvalue weighted by Gasteiger charge is -2.38. The number of hydrogen-bond donors (Lipinski definition) is 1. The van der Waals surface area contributed by atoms with Gasteiger partial charge >= 0.3 is 0 Å². The van der Waals surface area contributed by atoms with E-state index < -0.39 is 4.92 Å². The van der Waals surface area contributed by atoms with Gasteiger partial charge in [-0.15, -0.1) is 0 Å². The highest BCUT2D eigenvalue weighted by Gasteiger charge is 2.39. The quantitative estimate of drug-likeness (QED) is 0.364. The van der Waals surface area contributed by atoms with Crippen LogP contribution < -0.4 is 5.32 Å². The minimum Gasteiger partial charge on any atom is -0.378 e. The average molecular weight is 396 g/mol. The fraction of sp³-hybridized carbons (Fsp3) is 0.222. The molecule has 0 saturated heterocycles. The van der Waals surface area contributed by atoms with Gasteiger partial charge in [-0.25, -0.2) is 0 Å². The Balaban J connectivity index is 1.82. The molecule has 0 bridgehead atoms. The molecule has 0 radical (unpaired) electrons. The summed E-state index contributed by atoms with van der Waals surface area (Å²) in [5.74, 6) is 0.382. The number of nitrogens with one attached hydrogen (secondary N) is 1. The summed E-state index contributed by atoms with van der Waals surface area (Å²) < 4.78 is 0. The second-order valence-electron chi connectivity index (χ2n) is 6.29. The molecule has 25 heavy (non-hydrogen) atoms. The lowest BCUT2D eigenvalue weighted by atomic mass is 9.77. The largest absolute Gasteiger partial charge is 0.378 e. The van der Waals surface area contributed by atoms with Crippen LogP contribution in [0.4, 0.5) is 11.4 Å². The standard InChI is InChI=1S/C18H13Cl3N2O2/c19-10-7-14(21)17-11-2-1-3-12(11)18(22-15(17)8-10)9-4-5-13(20)16(6-9)23(24)25/h1-2,4-8,11-12,18,22H,3H2/t11-,12+,18-/m0/s1. The maximum atomic E-state index is 11.2. The molecule has 2 aromatic rings. The highest BCUT2D eigenvalue weighted by atomic mass is 35.5. The van der Waals surface area contributed by atoms with Gasteiger partial charge in [0.15, 0.2) is 0 Å². The van der Waals surface area contributed by atoms with Crippen LogP contribution in [0.3, 0.4) is 0 Å². The number of benzene rings is 2. The first-order chi connectivity index (χ1) is 12.0. The van der Waals surface area contributed by atoms with Crippen LogP contribution in [-0.2, 0) is 0 Å². The zero-order valence-corrected chi connectivity index (χ0v) is 15.1. The predicted octanol–water partition coefficient (Wildman–Crippen LogP) is 6.38. The zero-order chi connectivity index (χ0) is 17.7. The van der Waals surface area contributed by atoms with E-state index in [1.54, 1.807) is 18.2 Å². The van der Waals surface area contributed by atoms with E-state index >= 15 is 0 Å². The van der Waals surface area contributed by atoms with E-state index in [-0.39, 0.29) is 28.6 Å². The fourth-order valence-electron chi connectivity index (χ4n) is 3.84. The second-order valence-corrected chi connectivity index (χ2v) is 7.54. The first-order valence-electron chi connectivity index (χ1n) is 7.81. The van der Waals surface area contributed by atoms with Gasteiger partial charge in [0.25, 0.3) is 5.69 Å². The molecule has 1 aliphatic carbocycles. The molecule has 3 atom stereocenters. The van der Waals surface area contributed by atoms with Crippen LogP contribution in [0.15, 0.2) is 42.5 Å². The van der Waals surface area contributed by atoms with E-state index in [1.807, 2.05) is 12.1 Å². The third kappa shape index (κ3) is 2.78. The van der Waals surface area contributed by atoms with Crippen LogP contribution in [-0.4, -0.2) is 4.92 Å². The molecule has 4 nitrogen and oxygen atoms in total. The SMILES string of the molecule is O=[N+]([O-])c1cc([C@@H]2Nc3cc(Cl)cc(Cl)c3[C@H]3C=CC[C@H]32)ccc1Cl. The molecule has 1 aliphatic heterocycles. The van der Waals surface area contributed by atoms with Gasteiger partial charge in [-0.1, -0.05) is 53.0 Å². The molecule has 2 aliphatic rings. The van der Waals surface area contributed by atoms with Crippen molar-refractivity contribution in [2.24, 2.45) is 5.92 Å². The Labute approximate surface area is 159 Å². The van der Waals surface area contributed by atoms with Crippen molar-refractivity contribution in [1.82, 2.24) is 0 Å². The van der Waals surface area contributed by atoms with Crippen molar-refractivity contribution in [3.05, 3.63) is 78.8 Å². The number of fused-ring (bicyclic) bond motifs is 3. The molecular weight excluding hydrogens is 383 g/mol. The highest BCUT2D eigenvalue weighted by molar-refractivity contribution is 6.35. The van der Waals surface area contributed by atoms with Crippen molar-refractivity contribution in [2.45, 2.75) is 18.4 Å². The van der Waals surface area contributed by atoms with Gasteiger partial charge in [-0.3, -0.25) is 10.1 Å². The van der Waals surface area contributed by atoms with Crippen LogP contribution in [0.1, 0.15) is 29.5 Å². The summed E-state index contributed by atoms with van der Waals surface area (Å²) in [6.07, 6.45) is 5.16. The molecule has 0 amide bonds. The average Bonchev–Trinajstić information content (AvgIpc) is 3.03. The Morgan fingerprint density at radius 1 is 1.12 bits per heavy atom. The predicted molar refractivity (Wildman–Crippen MR) is 101 cm³/mol. The molecular formula is C18H13Cl3N2O2. The number of nitrogens with zero attached hydrogens (tertiary/aromatic N) is 1. The number of nitro groups is 1. The molecule has 0 spiro atoms. The normalized spacial score (nSPS) is 23.7. The third-order valence-corrected chi connectivity index (χ3v) is 5.76. The summed E-state index contributed by atoms with van der Waals surface area (Å²) in [6, 6.07) is 8.47. The molecule has 0 saturated carbocycles. The van der Waals surface area contributed by atoms with Crippen LogP contribution in [0.5, 0.6) is 0 Å². The van der Waals surface area contributed by atoms with Crippen LogP contribution in [0.2, 0.25) is 15.1 Å². The number of hydrogen-bond acceptors (Lipinski definition) is 3. The maximum absolute atomic E-state index is 11.2. The molecule has 0 aromatic heterocycles. The molecule has 0 fully saturated rings. The topological polar surface area (TPSA) is 55.2 Å². The Bertz CT molecular complexity index is 913. The van der Waals surface area contributed by atoms with E-state index in [0.29, 0.717) is 10.0 Å². The number of anilines is 1. The zero-order valence-electron chi connectivity index (χ0n) is 12.9. The second kappa shape index (κ2) is 6.20. The van der Waals surface area contributed by atoms with Gasteiger partial charge in [-0.2, -0.15) is 0 Å². The number of nitro benzene ring substituents is 1. The Kier molecular flexibility index (Phi) is 4.14. The molecule has 1 heterocycles. The monoisotopic (exact) mass is 394 g/mol. The van der Waals surface area contributed by atoms with Crippen LogP contribution >= 0.6 is 34.8 Å². The summed E-state index contributed by atoms with van der Waals surface area (Å²) in [6.45, 7) is 0. The maximum Gasteiger partial charge on any atom is 0.288 e. The van der Waals surface area contributed by atoms with Crippen LogP contribution in [0, 0.1) is 16.0 Å². The van der Waals surface area contributed by atoms with E-state index in [1.165, 1.54) is 0 Å². The summed E-state index contributed by atoms with van der Waals surface area (Å²) in [5.41, 5.74) is 2.65. The first-order valence-corrected chi connectivity index (χ1v) is 8.95. The molecule has 7 heteroatoms. The van der Waals surface area contributed by atoms with E-state index in [4.69, 9.17) is 34.8 Å². The number of halogens is 3. The lowest BCUT2D eigenvalue weighted by Crippen LogP contribution is -2.29. The minimum absolute atomic E-state index is 0.0848. The molecule has 1 N–H and O–H groups in total. The van der Waals surface area contributed by atoms with Crippen molar-refractivity contribution in [3.8, 4) is 0 Å². The molecule has 2 aromatic carbocycles. The third-order valence-electron chi connectivity index (χ3n) is 4.91. The number of rotatable bonds is 2. The minimum atomic E-state index is -0.458. The Morgan fingerprint density at radius 2 is 1.92 bits per heavy atom. The summed E-state index contributed by atoms with van der Waals surface area (Å²) in [5, 5.41) is 16.0. The van der Waals surface area contributed by atoms with Gasteiger partial charge in [-0.05, 0) is 36.1 Å². The van der Waals surface area contributed by atoms with Gasteiger partial charge in [0, 0.05) is 33.3 Å². The summed E-state index contributed by atoms with van der Waals surface area (Å²) >= 11 is 18.5. The first kappa shape index (κ1) is 16.7. The molecule has 128 valence electrons. The smallest absolute Gasteiger partial charge is 0.288 e. The van der Waals surface area contributed by atoms with Crippen molar-refractivity contribution >= 4 is 46.2 Å². The van der Waals surface area contributed by atoms with Crippen molar-refractivity contribution in [1.29, 1.82) is 0 Å². The van der Waals surface area contributed by atoms with Crippen LogP contribution in [0.25, 0.3) is 0 Å². The lowest BCUT2D eigenvalue weighted by molar-refractivity contribution is -0.384. The van der Waals surface area contributed by atoms with Gasteiger partial charge in [0.05, 0.1) is 11.0 Å². The Hall–Kier alpha value is -1.75. The van der Waals surface area contributed by atoms with Gasteiger partial charge in [0.2, 0.25) is 0 Å². The van der Waals surface area contributed by atoms with Crippen molar-refractivity contribution in [2.75, 3.05) is 5.32 Å². The van der Waals surface area contributed by atoms with Gasteiger partial charge < -0.3 is 5.32 Å². The molecule has 4 rings (SSSR count). The van der Waals surface area contributed by atoms with Gasteiger partial charge in [0.1, 0.15) is 5.02 Å². The summed E-state index contributed by atoms with van der Waals surface area (Å²) in [7, 11) is 0. The number of allylic oxidation sites excluding steroid dienone is 2.